The van der Waals surface area contributed by atoms with Crippen molar-refractivity contribution in [1.29, 1.82) is 0 Å². The lowest BCUT2D eigenvalue weighted by Crippen LogP contribution is -2.42. The molecule has 2 aliphatic rings. The first-order chi connectivity index (χ1) is 9.91. The lowest BCUT2D eigenvalue weighted by atomic mass is 9.53. The van der Waals surface area contributed by atoms with Crippen LogP contribution in [0.1, 0.15) is 54.9 Å². The van der Waals surface area contributed by atoms with Crippen molar-refractivity contribution in [2.75, 3.05) is 13.1 Å². The van der Waals surface area contributed by atoms with E-state index in [0.717, 1.165) is 19.3 Å². The molecule has 5 heteroatoms. The van der Waals surface area contributed by atoms with E-state index in [4.69, 9.17) is 9.39 Å². The maximum Gasteiger partial charge on any atom is 0.410 e. The van der Waals surface area contributed by atoms with Gasteiger partial charge in [0.05, 0.1) is 5.60 Å². The van der Waals surface area contributed by atoms with Crippen molar-refractivity contribution in [2.45, 2.75) is 72.4 Å². The van der Waals surface area contributed by atoms with Crippen molar-refractivity contribution < 1.29 is 14.2 Å². The molecule has 1 amide bonds. The highest BCUT2D eigenvalue weighted by atomic mass is 16.6. The molecule has 2 aliphatic heterocycles. The van der Waals surface area contributed by atoms with Crippen molar-refractivity contribution in [2.24, 2.45) is 5.41 Å². The summed E-state index contributed by atoms with van der Waals surface area (Å²) in [5, 5.41) is 0. The first kappa shape index (κ1) is 17.4. The Hall–Kier alpha value is -0.965. The summed E-state index contributed by atoms with van der Waals surface area (Å²) in [6.45, 7) is 16.0. The maximum atomic E-state index is 12.3. The maximum absolute atomic E-state index is 12.3. The third-order valence-electron chi connectivity index (χ3n) is 5.01. The van der Waals surface area contributed by atoms with E-state index in [1.807, 2.05) is 20.8 Å². The molecule has 0 aromatic carbocycles. The van der Waals surface area contributed by atoms with Crippen molar-refractivity contribution in [3.63, 3.8) is 0 Å². The molecule has 1 fully saturated rings. The summed E-state index contributed by atoms with van der Waals surface area (Å²) >= 11 is 0. The Morgan fingerprint density at radius 1 is 1.32 bits per heavy atom. The topological polar surface area (TPSA) is 38.8 Å². The van der Waals surface area contributed by atoms with Crippen LogP contribution in [0.15, 0.2) is 11.5 Å². The van der Waals surface area contributed by atoms with Crippen molar-refractivity contribution in [3.05, 3.63) is 11.5 Å². The van der Waals surface area contributed by atoms with Gasteiger partial charge < -0.3 is 14.3 Å². The van der Waals surface area contributed by atoms with Gasteiger partial charge in [-0.2, -0.15) is 0 Å². The van der Waals surface area contributed by atoms with E-state index in [9.17, 15) is 4.79 Å². The van der Waals surface area contributed by atoms with Crippen LogP contribution < -0.4 is 0 Å². The summed E-state index contributed by atoms with van der Waals surface area (Å²) < 4.78 is 11.8. The molecule has 0 aromatic rings. The highest BCUT2D eigenvalue weighted by molar-refractivity contribution is 6.61. The van der Waals surface area contributed by atoms with Gasteiger partial charge in [-0.25, -0.2) is 4.79 Å². The van der Waals surface area contributed by atoms with E-state index in [1.54, 1.807) is 4.90 Å². The molecule has 0 N–H and O–H groups in total. The molecule has 22 heavy (non-hydrogen) atoms. The molecule has 1 saturated heterocycles. The summed E-state index contributed by atoms with van der Waals surface area (Å²) in [6, 6.07) is 0. The number of carbonyl (C=O) groups excluding carboxylic acids is 1. The van der Waals surface area contributed by atoms with Crippen LogP contribution in [0.4, 0.5) is 4.79 Å². The van der Waals surface area contributed by atoms with E-state index in [1.165, 1.54) is 5.47 Å². The van der Waals surface area contributed by atoms with Crippen molar-refractivity contribution >= 4 is 13.0 Å². The minimum Gasteiger partial charge on any atom is -0.444 e. The van der Waals surface area contributed by atoms with Gasteiger partial charge in [0.1, 0.15) is 5.60 Å². The van der Waals surface area contributed by atoms with Crippen LogP contribution in [-0.2, 0) is 9.39 Å². The molecular weight excluding hydrogens is 277 g/mol. The molecule has 124 valence electrons. The average Bonchev–Trinajstić information content (AvgIpc) is 2.57. The minimum atomic E-state index is -0.452. The van der Waals surface area contributed by atoms with Gasteiger partial charge in [0.25, 0.3) is 0 Å². The van der Waals surface area contributed by atoms with Gasteiger partial charge >= 0.3 is 13.0 Å². The van der Waals surface area contributed by atoms with Crippen molar-refractivity contribution in [3.8, 4) is 0 Å². The van der Waals surface area contributed by atoms with Crippen LogP contribution in [-0.4, -0.2) is 42.2 Å². The fraction of sp³-hybridized carbons (Fsp3) is 0.824. The molecule has 4 nitrogen and oxygen atoms in total. The van der Waals surface area contributed by atoms with Crippen molar-refractivity contribution in [1.82, 2.24) is 4.90 Å². The Kier molecular flexibility index (Phi) is 4.42. The SMILES string of the molecule is CC(C)(C)OC(=O)N1CCC=C(B2CC(C)(C)C(C)(C)O2)C1. The standard InChI is InChI=1S/C17H30BNO3/c1-15(2,3)21-14(20)19-10-8-9-13(11-19)18-12-16(4,5)17(6,7)22-18/h9H,8,10-12H2,1-7H3. The second kappa shape index (κ2) is 5.59. The van der Waals surface area contributed by atoms with Crippen LogP contribution in [0.25, 0.3) is 0 Å². The average molecular weight is 307 g/mol. The minimum absolute atomic E-state index is 0.107. The molecule has 2 heterocycles. The van der Waals surface area contributed by atoms with Gasteiger partial charge in [-0.1, -0.05) is 25.4 Å². The Morgan fingerprint density at radius 2 is 1.95 bits per heavy atom. The molecule has 0 aliphatic carbocycles. The monoisotopic (exact) mass is 307 g/mol. The Balaban J connectivity index is 2.03. The van der Waals surface area contributed by atoms with Gasteiger partial charge in [0, 0.05) is 13.1 Å². The number of nitrogens with zero attached hydrogens (tertiary/aromatic N) is 1. The third-order valence-corrected chi connectivity index (χ3v) is 5.01. The lowest BCUT2D eigenvalue weighted by molar-refractivity contribution is 0.0259. The molecule has 0 unspecified atom stereocenters. The van der Waals surface area contributed by atoms with E-state index in [0.29, 0.717) is 6.54 Å². The van der Waals surface area contributed by atoms with Gasteiger partial charge in [0.15, 0.2) is 0 Å². The highest BCUT2D eigenvalue weighted by Gasteiger charge is 2.50. The van der Waals surface area contributed by atoms with E-state index < -0.39 is 5.60 Å². The summed E-state index contributed by atoms with van der Waals surface area (Å²) in [7, 11) is 0. The second-order valence-electron chi connectivity index (χ2n) is 8.67. The summed E-state index contributed by atoms with van der Waals surface area (Å²) in [5.74, 6) is 0. The van der Waals surface area contributed by atoms with Gasteiger partial charge in [0.2, 0.25) is 0 Å². The van der Waals surface area contributed by atoms with E-state index in [-0.39, 0.29) is 24.0 Å². The van der Waals surface area contributed by atoms with Crippen LogP contribution in [0.3, 0.4) is 0 Å². The number of ether oxygens (including phenoxy) is 1. The number of hydrogen-bond donors (Lipinski definition) is 0. The van der Waals surface area contributed by atoms with Crippen LogP contribution in [0, 0.1) is 5.41 Å². The molecule has 0 spiro atoms. The number of carbonyl (C=O) groups is 1. The predicted octanol–water partition coefficient (Wildman–Crippen LogP) is 3.92. The fourth-order valence-electron chi connectivity index (χ4n) is 2.96. The number of amides is 1. The Bertz CT molecular complexity index is 461. The molecule has 0 atom stereocenters. The Labute approximate surface area is 135 Å². The van der Waals surface area contributed by atoms with Crippen LogP contribution >= 0.6 is 0 Å². The predicted molar refractivity (Wildman–Crippen MR) is 90.0 cm³/mol. The van der Waals surface area contributed by atoms with Gasteiger partial charge in [-0.05, 0) is 52.8 Å². The van der Waals surface area contributed by atoms with Gasteiger partial charge in [-0.3, -0.25) is 0 Å². The zero-order valence-corrected chi connectivity index (χ0v) is 15.2. The molecular formula is C17H30BNO3. The molecule has 2 rings (SSSR count). The molecule has 0 radical (unpaired) electrons. The van der Waals surface area contributed by atoms with E-state index in [2.05, 4.69) is 33.8 Å². The summed E-state index contributed by atoms with van der Waals surface area (Å²) in [4.78, 5) is 14.1. The zero-order chi connectivity index (χ0) is 16.8. The summed E-state index contributed by atoms with van der Waals surface area (Å²) in [6.07, 6.45) is 3.88. The lowest BCUT2D eigenvalue weighted by Gasteiger charge is -2.34. The molecule has 0 saturated carbocycles. The largest absolute Gasteiger partial charge is 0.444 e. The zero-order valence-electron chi connectivity index (χ0n) is 15.2. The highest BCUT2D eigenvalue weighted by Crippen LogP contribution is 2.47. The quantitative estimate of drug-likeness (QED) is 0.689. The third kappa shape index (κ3) is 3.68. The van der Waals surface area contributed by atoms with Crippen LogP contribution in [0.5, 0.6) is 0 Å². The normalized spacial score (nSPS) is 24.2. The smallest absolute Gasteiger partial charge is 0.410 e. The fourth-order valence-corrected chi connectivity index (χ4v) is 2.96. The van der Waals surface area contributed by atoms with Gasteiger partial charge in [-0.15, -0.1) is 0 Å². The first-order valence-electron chi connectivity index (χ1n) is 8.26. The summed E-state index contributed by atoms with van der Waals surface area (Å²) in [5.41, 5.74) is 0.752. The molecule has 0 aromatic heterocycles. The second-order valence-corrected chi connectivity index (χ2v) is 8.67. The van der Waals surface area contributed by atoms with E-state index >= 15 is 0 Å². The first-order valence-corrected chi connectivity index (χ1v) is 8.26. The Morgan fingerprint density at radius 3 is 2.45 bits per heavy atom. The molecule has 0 bridgehead atoms. The van der Waals surface area contributed by atoms with Crippen LogP contribution in [0.2, 0.25) is 6.32 Å². The number of hydrogen-bond acceptors (Lipinski definition) is 3. The number of rotatable bonds is 1.